The van der Waals surface area contributed by atoms with Gasteiger partial charge in [0.25, 0.3) is 0 Å². The highest BCUT2D eigenvalue weighted by atomic mass is 16.5. The van der Waals surface area contributed by atoms with E-state index in [4.69, 9.17) is 4.74 Å². The molecule has 0 aliphatic carbocycles. The monoisotopic (exact) mass is 187 g/mol. The lowest BCUT2D eigenvalue weighted by Crippen LogP contribution is -2.53. The van der Waals surface area contributed by atoms with Crippen LogP contribution in [-0.2, 0) is 9.53 Å². The first-order chi connectivity index (χ1) is 5.91. The molecule has 0 aromatic rings. The minimum atomic E-state index is -0.951. The van der Waals surface area contributed by atoms with Crippen LogP contribution >= 0.6 is 0 Å². The number of carbonyl (C=O) groups is 1. The minimum absolute atomic E-state index is 0.0875. The largest absolute Gasteiger partial charge is 0.383 e. The van der Waals surface area contributed by atoms with Crippen molar-refractivity contribution in [3.8, 4) is 0 Å². The van der Waals surface area contributed by atoms with E-state index in [1.54, 1.807) is 0 Å². The quantitative estimate of drug-likeness (QED) is 0.635. The van der Waals surface area contributed by atoms with Crippen LogP contribution in [0.2, 0.25) is 0 Å². The number of ether oxygens (including phenoxy) is 1. The molecule has 2 N–H and O–H groups in total. The van der Waals surface area contributed by atoms with Crippen molar-refractivity contribution in [2.75, 3.05) is 13.2 Å². The Labute approximate surface area is 78.3 Å². The van der Waals surface area contributed by atoms with Crippen LogP contribution in [0.1, 0.15) is 20.8 Å². The number of hydrogen-bond donors (Lipinski definition) is 2. The van der Waals surface area contributed by atoms with Gasteiger partial charge in [0.2, 0.25) is 5.91 Å². The lowest BCUT2D eigenvalue weighted by atomic mass is 9.88. The van der Waals surface area contributed by atoms with Crippen molar-refractivity contribution in [2.24, 2.45) is 5.41 Å². The van der Waals surface area contributed by atoms with Crippen molar-refractivity contribution in [1.29, 1.82) is 0 Å². The molecular weight excluding hydrogens is 170 g/mol. The van der Waals surface area contributed by atoms with E-state index >= 15 is 0 Å². The first-order valence-corrected chi connectivity index (χ1v) is 4.47. The van der Waals surface area contributed by atoms with Crippen LogP contribution < -0.4 is 5.32 Å². The van der Waals surface area contributed by atoms with Gasteiger partial charge in [0.15, 0.2) is 0 Å². The Balaban J connectivity index is 2.37. The molecule has 0 aromatic carbocycles. The maximum atomic E-state index is 11.4. The molecule has 0 radical (unpaired) electrons. The lowest BCUT2D eigenvalue weighted by molar-refractivity contribution is -0.138. The summed E-state index contributed by atoms with van der Waals surface area (Å²) >= 11 is 0. The molecule has 4 heteroatoms. The van der Waals surface area contributed by atoms with E-state index in [1.807, 2.05) is 20.8 Å². The van der Waals surface area contributed by atoms with Crippen molar-refractivity contribution < 1.29 is 14.6 Å². The molecule has 1 atom stereocenters. The molecule has 4 nitrogen and oxygen atoms in total. The second-order valence-electron chi connectivity index (χ2n) is 4.51. The molecule has 1 amide bonds. The number of nitrogens with one attached hydrogen (secondary N) is 1. The molecule has 0 spiro atoms. The summed E-state index contributed by atoms with van der Waals surface area (Å²) in [5.41, 5.74) is -0.408. The molecule has 1 rings (SSSR count). The van der Waals surface area contributed by atoms with E-state index in [1.165, 1.54) is 0 Å². The first kappa shape index (κ1) is 10.5. The molecule has 1 saturated heterocycles. The average Bonchev–Trinajstić information content (AvgIpc) is 1.93. The Morgan fingerprint density at radius 2 is 2.08 bits per heavy atom. The van der Waals surface area contributed by atoms with Gasteiger partial charge < -0.3 is 15.2 Å². The number of aliphatic hydroxyl groups is 1. The maximum Gasteiger partial charge on any atom is 0.249 e. The van der Waals surface area contributed by atoms with E-state index in [2.05, 4.69) is 5.32 Å². The minimum Gasteiger partial charge on any atom is -0.383 e. The van der Waals surface area contributed by atoms with Crippen molar-refractivity contribution >= 4 is 5.91 Å². The second-order valence-corrected chi connectivity index (χ2v) is 4.51. The van der Waals surface area contributed by atoms with Crippen LogP contribution in [0.4, 0.5) is 0 Å². The molecule has 1 heterocycles. The third kappa shape index (κ3) is 2.67. The molecule has 0 saturated carbocycles. The fourth-order valence-electron chi connectivity index (χ4n) is 0.992. The summed E-state index contributed by atoms with van der Waals surface area (Å²) in [7, 11) is 0. The summed E-state index contributed by atoms with van der Waals surface area (Å²) in [6, 6.07) is 0.0875. The zero-order valence-electron chi connectivity index (χ0n) is 8.33. The highest BCUT2D eigenvalue weighted by molar-refractivity contribution is 5.81. The van der Waals surface area contributed by atoms with Crippen LogP contribution in [-0.4, -0.2) is 36.4 Å². The number of aliphatic hydroxyl groups excluding tert-OH is 1. The SMILES string of the molecule is CC(C)(C)[C@@H](O)C(=O)NC1COC1. The third-order valence-corrected chi connectivity index (χ3v) is 2.05. The predicted octanol–water partition coefficient (Wildman–Crippen LogP) is -0.0916. The number of carbonyl (C=O) groups excluding carboxylic acids is 1. The van der Waals surface area contributed by atoms with Crippen molar-refractivity contribution in [2.45, 2.75) is 32.9 Å². The fraction of sp³-hybridized carbons (Fsp3) is 0.889. The summed E-state index contributed by atoms with van der Waals surface area (Å²) < 4.78 is 4.90. The predicted molar refractivity (Wildman–Crippen MR) is 48.2 cm³/mol. The Morgan fingerprint density at radius 3 is 2.38 bits per heavy atom. The molecule has 0 bridgehead atoms. The lowest BCUT2D eigenvalue weighted by Gasteiger charge is -2.31. The van der Waals surface area contributed by atoms with Gasteiger partial charge in [-0.25, -0.2) is 0 Å². The molecule has 0 unspecified atom stereocenters. The summed E-state index contributed by atoms with van der Waals surface area (Å²) in [5.74, 6) is -0.305. The van der Waals surface area contributed by atoms with E-state index < -0.39 is 11.5 Å². The molecule has 76 valence electrons. The van der Waals surface area contributed by atoms with Crippen molar-refractivity contribution in [3.63, 3.8) is 0 Å². The van der Waals surface area contributed by atoms with Gasteiger partial charge in [0.05, 0.1) is 19.3 Å². The van der Waals surface area contributed by atoms with E-state index in [0.717, 1.165) is 0 Å². The summed E-state index contributed by atoms with van der Waals surface area (Å²) in [6.45, 7) is 6.60. The van der Waals surface area contributed by atoms with Gasteiger partial charge in [0.1, 0.15) is 6.10 Å². The van der Waals surface area contributed by atoms with Gasteiger partial charge in [-0.3, -0.25) is 4.79 Å². The summed E-state index contributed by atoms with van der Waals surface area (Å²) in [4.78, 5) is 11.4. The zero-order valence-corrected chi connectivity index (χ0v) is 8.33. The Hall–Kier alpha value is -0.610. The normalized spacial score (nSPS) is 20.6. The number of hydrogen-bond acceptors (Lipinski definition) is 3. The highest BCUT2D eigenvalue weighted by Gasteiger charge is 2.31. The Bertz CT molecular complexity index is 194. The Kier molecular flexibility index (Phi) is 2.93. The van der Waals surface area contributed by atoms with E-state index in [0.29, 0.717) is 13.2 Å². The molecule has 0 aromatic heterocycles. The Morgan fingerprint density at radius 1 is 1.54 bits per heavy atom. The number of rotatable bonds is 2. The molecule has 1 aliphatic heterocycles. The standard InChI is InChI=1S/C9H17NO3/c1-9(2,3)7(11)8(12)10-6-4-13-5-6/h6-7,11H,4-5H2,1-3H3,(H,10,12)/t7-/m0/s1. The van der Waals surface area contributed by atoms with Crippen LogP contribution in [0.15, 0.2) is 0 Å². The third-order valence-electron chi connectivity index (χ3n) is 2.05. The molecular formula is C9H17NO3. The zero-order chi connectivity index (χ0) is 10.1. The van der Waals surface area contributed by atoms with E-state index in [9.17, 15) is 9.90 Å². The smallest absolute Gasteiger partial charge is 0.249 e. The van der Waals surface area contributed by atoms with Crippen molar-refractivity contribution in [3.05, 3.63) is 0 Å². The van der Waals surface area contributed by atoms with Crippen LogP contribution in [0.5, 0.6) is 0 Å². The van der Waals surface area contributed by atoms with E-state index in [-0.39, 0.29) is 11.9 Å². The van der Waals surface area contributed by atoms with Gasteiger partial charge in [-0.2, -0.15) is 0 Å². The maximum absolute atomic E-state index is 11.4. The van der Waals surface area contributed by atoms with Crippen LogP contribution in [0.3, 0.4) is 0 Å². The van der Waals surface area contributed by atoms with Gasteiger partial charge in [-0.15, -0.1) is 0 Å². The van der Waals surface area contributed by atoms with Gasteiger partial charge in [-0.05, 0) is 5.41 Å². The van der Waals surface area contributed by atoms with Gasteiger partial charge in [-0.1, -0.05) is 20.8 Å². The molecule has 13 heavy (non-hydrogen) atoms. The molecule has 1 aliphatic rings. The second kappa shape index (κ2) is 3.64. The summed E-state index contributed by atoms with van der Waals surface area (Å²) in [5, 5.41) is 12.3. The average molecular weight is 187 g/mol. The molecule has 1 fully saturated rings. The van der Waals surface area contributed by atoms with Gasteiger partial charge in [0, 0.05) is 0 Å². The highest BCUT2D eigenvalue weighted by Crippen LogP contribution is 2.19. The van der Waals surface area contributed by atoms with Crippen molar-refractivity contribution in [1.82, 2.24) is 5.32 Å². The van der Waals surface area contributed by atoms with Crippen LogP contribution in [0.25, 0.3) is 0 Å². The summed E-state index contributed by atoms with van der Waals surface area (Å²) in [6.07, 6.45) is -0.951. The van der Waals surface area contributed by atoms with Crippen LogP contribution in [0, 0.1) is 5.41 Å². The fourth-order valence-corrected chi connectivity index (χ4v) is 0.992. The first-order valence-electron chi connectivity index (χ1n) is 4.47. The topological polar surface area (TPSA) is 58.6 Å². The number of amides is 1. The van der Waals surface area contributed by atoms with Gasteiger partial charge >= 0.3 is 0 Å².